The van der Waals surface area contributed by atoms with Crippen LogP contribution in [0.5, 0.6) is 0 Å². The molecule has 1 heterocycles. The van der Waals surface area contributed by atoms with E-state index in [0.29, 0.717) is 24.4 Å². The summed E-state index contributed by atoms with van der Waals surface area (Å²) in [6, 6.07) is 10.6. The summed E-state index contributed by atoms with van der Waals surface area (Å²) in [5.74, 6) is 0.530. The highest BCUT2D eigenvalue weighted by Gasteiger charge is 2.39. The van der Waals surface area contributed by atoms with Crippen LogP contribution in [0.3, 0.4) is 0 Å². The number of nitrogens with two attached hydrogens (primary N) is 1. The molecular weight excluding hydrogens is 348 g/mol. The van der Waals surface area contributed by atoms with Gasteiger partial charge in [-0.25, -0.2) is 0 Å². The van der Waals surface area contributed by atoms with E-state index in [2.05, 4.69) is 50.4 Å². The highest BCUT2D eigenvalue weighted by atomic mass is 35.5. The first-order chi connectivity index (χ1) is 11.8. The lowest BCUT2D eigenvalue weighted by Crippen LogP contribution is -2.45. The van der Waals surface area contributed by atoms with Crippen LogP contribution in [-0.4, -0.2) is 12.5 Å². The molecule has 0 aliphatic heterocycles. The van der Waals surface area contributed by atoms with Crippen molar-refractivity contribution in [2.45, 2.75) is 57.4 Å². The molecule has 5 heteroatoms. The van der Waals surface area contributed by atoms with E-state index in [1.165, 1.54) is 23.8 Å². The summed E-state index contributed by atoms with van der Waals surface area (Å²) in [5.41, 5.74) is 8.94. The van der Waals surface area contributed by atoms with Crippen molar-refractivity contribution >= 4 is 18.3 Å². The highest BCUT2D eigenvalue weighted by Crippen LogP contribution is 2.43. The van der Waals surface area contributed by atoms with Gasteiger partial charge in [-0.15, -0.1) is 12.4 Å². The third-order valence-corrected chi connectivity index (χ3v) is 5.38. The molecule has 0 atom stereocenters. The van der Waals surface area contributed by atoms with Gasteiger partial charge < -0.3 is 15.5 Å². The number of benzene rings is 1. The van der Waals surface area contributed by atoms with Crippen LogP contribution in [0.15, 0.2) is 41.0 Å². The van der Waals surface area contributed by atoms with Gasteiger partial charge in [0.15, 0.2) is 0 Å². The van der Waals surface area contributed by atoms with Crippen molar-refractivity contribution in [3.63, 3.8) is 0 Å². The van der Waals surface area contributed by atoms with Crippen LogP contribution in [0, 0.1) is 0 Å². The molecule has 142 valence electrons. The summed E-state index contributed by atoms with van der Waals surface area (Å²) in [6.45, 7) is 7.63. The van der Waals surface area contributed by atoms with Crippen LogP contribution < -0.4 is 11.1 Å². The zero-order chi connectivity index (χ0) is 18.1. The van der Waals surface area contributed by atoms with Gasteiger partial charge in [-0.3, -0.25) is 4.79 Å². The van der Waals surface area contributed by atoms with Crippen LogP contribution in [0.4, 0.5) is 0 Å². The molecule has 1 fully saturated rings. The molecule has 1 amide bonds. The number of carbonyl (C=O) groups is 1. The SMILES string of the molecule is CC(C)(C)c1ccc(C2(CNC(=O)c3coc(CN)c3)CCC2)cc1.Cl. The third-order valence-electron chi connectivity index (χ3n) is 5.38. The van der Waals surface area contributed by atoms with Crippen LogP contribution in [0.2, 0.25) is 0 Å². The second kappa shape index (κ2) is 7.85. The number of furan rings is 1. The molecule has 1 aliphatic rings. The van der Waals surface area contributed by atoms with Gasteiger partial charge in [0.25, 0.3) is 5.91 Å². The predicted octanol–water partition coefficient (Wildman–Crippen LogP) is 4.31. The molecule has 0 spiro atoms. The van der Waals surface area contributed by atoms with Gasteiger partial charge in [0.05, 0.1) is 12.1 Å². The fourth-order valence-corrected chi connectivity index (χ4v) is 3.45. The zero-order valence-electron chi connectivity index (χ0n) is 15.8. The maximum Gasteiger partial charge on any atom is 0.254 e. The van der Waals surface area contributed by atoms with Gasteiger partial charge in [-0.1, -0.05) is 51.5 Å². The van der Waals surface area contributed by atoms with Gasteiger partial charge in [0.1, 0.15) is 12.0 Å². The van der Waals surface area contributed by atoms with Crippen molar-refractivity contribution in [2.75, 3.05) is 6.54 Å². The molecule has 0 bridgehead atoms. The Bertz CT molecular complexity index is 740. The van der Waals surface area contributed by atoms with Crippen molar-refractivity contribution in [3.8, 4) is 0 Å². The average Bonchev–Trinajstić information content (AvgIpc) is 3.02. The topological polar surface area (TPSA) is 68.3 Å². The van der Waals surface area contributed by atoms with E-state index in [0.717, 1.165) is 12.8 Å². The normalized spacial score (nSPS) is 15.7. The van der Waals surface area contributed by atoms with E-state index >= 15 is 0 Å². The Kier molecular flexibility index (Phi) is 6.20. The number of rotatable bonds is 5. The number of carbonyl (C=O) groups excluding carboxylic acids is 1. The maximum atomic E-state index is 12.4. The number of halogens is 1. The second-order valence-corrected chi connectivity index (χ2v) is 8.15. The van der Waals surface area contributed by atoms with Crippen molar-refractivity contribution in [1.82, 2.24) is 5.32 Å². The standard InChI is InChI=1S/C21H28N2O2.ClH/c1-20(2,3)16-5-7-17(8-6-16)21(9-4-10-21)14-23-19(24)15-11-18(12-22)25-13-15;/h5-8,11,13H,4,9-10,12,14,22H2,1-3H3,(H,23,24);1H. The third kappa shape index (κ3) is 4.13. The number of hydrogen-bond donors (Lipinski definition) is 2. The summed E-state index contributed by atoms with van der Waals surface area (Å²) in [5, 5.41) is 3.08. The van der Waals surface area contributed by atoms with Gasteiger partial charge in [-0.2, -0.15) is 0 Å². The molecule has 1 aromatic carbocycles. The van der Waals surface area contributed by atoms with E-state index in [4.69, 9.17) is 10.2 Å². The van der Waals surface area contributed by atoms with Gasteiger partial charge in [0, 0.05) is 12.0 Å². The summed E-state index contributed by atoms with van der Waals surface area (Å²) in [4.78, 5) is 12.4. The Morgan fingerprint density at radius 1 is 1.23 bits per heavy atom. The first kappa shape index (κ1) is 20.5. The fourth-order valence-electron chi connectivity index (χ4n) is 3.45. The molecule has 1 saturated carbocycles. The smallest absolute Gasteiger partial charge is 0.254 e. The van der Waals surface area contributed by atoms with Crippen molar-refractivity contribution in [1.29, 1.82) is 0 Å². The van der Waals surface area contributed by atoms with E-state index in [1.54, 1.807) is 6.07 Å². The molecule has 1 aromatic heterocycles. The van der Waals surface area contributed by atoms with Crippen LogP contribution in [0.25, 0.3) is 0 Å². The molecule has 0 radical (unpaired) electrons. The largest absolute Gasteiger partial charge is 0.467 e. The Balaban J connectivity index is 0.00000243. The van der Waals surface area contributed by atoms with E-state index in [-0.39, 0.29) is 29.1 Å². The van der Waals surface area contributed by atoms with Gasteiger partial charge in [-0.05, 0) is 35.4 Å². The predicted molar refractivity (Wildman–Crippen MR) is 107 cm³/mol. The van der Waals surface area contributed by atoms with E-state index in [1.807, 2.05) is 0 Å². The molecule has 3 N–H and O–H groups in total. The first-order valence-corrected chi connectivity index (χ1v) is 9.01. The Labute approximate surface area is 161 Å². The van der Waals surface area contributed by atoms with Gasteiger partial charge in [0.2, 0.25) is 0 Å². The summed E-state index contributed by atoms with van der Waals surface area (Å²) < 4.78 is 5.25. The second-order valence-electron chi connectivity index (χ2n) is 8.15. The maximum absolute atomic E-state index is 12.4. The number of hydrogen-bond acceptors (Lipinski definition) is 3. The number of nitrogens with one attached hydrogen (secondary N) is 1. The minimum Gasteiger partial charge on any atom is -0.467 e. The minimum absolute atomic E-state index is 0. The minimum atomic E-state index is -0.0963. The average molecular weight is 377 g/mol. The molecule has 26 heavy (non-hydrogen) atoms. The molecule has 0 saturated heterocycles. The Morgan fingerprint density at radius 3 is 2.35 bits per heavy atom. The van der Waals surface area contributed by atoms with Crippen molar-refractivity contribution < 1.29 is 9.21 Å². The van der Waals surface area contributed by atoms with Crippen molar-refractivity contribution in [2.24, 2.45) is 5.73 Å². The molecule has 2 aromatic rings. The lowest BCUT2D eigenvalue weighted by molar-refractivity contribution is 0.0927. The monoisotopic (exact) mass is 376 g/mol. The summed E-state index contributed by atoms with van der Waals surface area (Å²) in [7, 11) is 0. The first-order valence-electron chi connectivity index (χ1n) is 9.01. The molecule has 4 nitrogen and oxygen atoms in total. The van der Waals surface area contributed by atoms with Crippen LogP contribution in [-0.2, 0) is 17.4 Å². The van der Waals surface area contributed by atoms with Crippen LogP contribution >= 0.6 is 12.4 Å². The molecular formula is C21H29ClN2O2. The number of amides is 1. The lowest BCUT2D eigenvalue weighted by Gasteiger charge is -2.43. The Hall–Kier alpha value is -1.78. The van der Waals surface area contributed by atoms with Crippen molar-refractivity contribution in [3.05, 3.63) is 59.0 Å². The highest BCUT2D eigenvalue weighted by molar-refractivity contribution is 5.94. The quantitative estimate of drug-likeness (QED) is 0.816. The van der Waals surface area contributed by atoms with E-state index in [9.17, 15) is 4.79 Å². The fraction of sp³-hybridized carbons (Fsp3) is 0.476. The molecule has 3 rings (SSSR count). The molecule has 1 aliphatic carbocycles. The summed E-state index contributed by atoms with van der Waals surface area (Å²) in [6.07, 6.45) is 4.91. The summed E-state index contributed by atoms with van der Waals surface area (Å²) >= 11 is 0. The Morgan fingerprint density at radius 2 is 1.88 bits per heavy atom. The lowest BCUT2D eigenvalue weighted by atomic mass is 9.64. The molecule has 0 unspecified atom stereocenters. The zero-order valence-corrected chi connectivity index (χ0v) is 16.6. The van der Waals surface area contributed by atoms with Gasteiger partial charge >= 0.3 is 0 Å². The van der Waals surface area contributed by atoms with E-state index < -0.39 is 0 Å². The van der Waals surface area contributed by atoms with Crippen LogP contribution in [0.1, 0.15) is 67.3 Å².